The first-order valence-electron chi connectivity index (χ1n) is 6.55. The highest BCUT2D eigenvalue weighted by Crippen LogP contribution is 2.31. The van der Waals surface area contributed by atoms with Gasteiger partial charge in [0.25, 0.3) is 10.0 Å². The molecule has 0 amide bonds. The van der Waals surface area contributed by atoms with Gasteiger partial charge in [-0.3, -0.25) is 0 Å². The fourth-order valence-electron chi connectivity index (χ4n) is 2.57. The molecule has 2 fully saturated rings. The molecule has 3 rings (SSSR count). The van der Waals surface area contributed by atoms with Crippen molar-refractivity contribution in [2.45, 2.75) is 42.0 Å². The molecule has 1 aromatic rings. The number of hydrogen-bond donors (Lipinski definition) is 1. The normalized spacial score (nSPS) is 22.8. The summed E-state index contributed by atoms with van der Waals surface area (Å²) in [5.41, 5.74) is 0. The third kappa shape index (κ3) is 3.21. The summed E-state index contributed by atoms with van der Waals surface area (Å²) in [6.07, 6.45) is 4.47. The Balaban J connectivity index is 1.61. The lowest BCUT2D eigenvalue weighted by molar-refractivity contribution is 0.199. The van der Waals surface area contributed by atoms with Gasteiger partial charge in [0.15, 0.2) is 0 Å². The molecule has 1 aliphatic carbocycles. The molecule has 19 heavy (non-hydrogen) atoms. The van der Waals surface area contributed by atoms with Crippen molar-refractivity contribution >= 4 is 37.3 Å². The van der Waals surface area contributed by atoms with Crippen molar-refractivity contribution in [3.05, 3.63) is 15.9 Å². The smallest absolute Gasteiger partial charge is 0.251 e. The minimum atomic E-state index is -3.37. The Morgan fingerprint density at radius 2 is 1.95 bits per heavy atom. The number of piperidine rings is 1. The van der Waals surface area contributed by atoms with E-state index in [1.165, 1.54) is 24.2 Å². The quantitative estimate of drug-likeness (QED) is 0.892. The van der Waals surface area contributed by atoms with Crippen molar-refractivity contribution in [2.24, 2.45) is 0 Å². The van der Waals surface area contributed by atoms with Crippen LogP contribution in [0.4, 0.5) is 0 Å². The average molecular weight is 365 g/mol. The molecule has 4 nitrogen and oxygen atoms in total. The highest BCUT2D eigenvalue weighted by atomic mass is 79.9. The Labute approximate surface area is 126 Å². The van der Waals surface area contributed by atoms with Crippen molar-refractivity contribution in [3.8, 4) is 0 Å². The molecule has 0 spiro atoms. The van der Waals surface area contributed by atoms with Crippen molar-refractivity contribution < 1.29 is 8.42 Å². The second-order valence-corrected chi connectivity index (χ2v) is 8.90. The molecule has 1 aromatic heterocycles. The van der Waals surface area contributed by atoms with E-state index in [2.05, 4.69) is 25.6 Å². The average Bonchev–Trinajstić information content (AvgIpc) is 3.11. The second kappa shape index (κ2) is 5.44. The van der Waals surface area contributed by atoms with Gasteiger partial charge >= 0.3 is 0 Å². The van der Waals surface area contributed by atoms with Gasteiger partial charge in [-0.05, 0) is 66.1 Å². The Hall–Kier alpha value is 0.0500. The number of halogens is 1. The first-order valence-corrected chi connectivity index (χ1v) is 9.71. The summed E-state index contributed by atoms with van der Waals surface area (Å²) in [5, 5.41) is 1.79. The van der Waals surface area contributed by atoms with E-state index in [9.17, 15) is 8.42 Å². The lowest BCUT2D eigenvalue weighted by Crippen LogP contribution is -2.45. The Kier molecular flexibility index (Phi) is 4.01. The molecule has 0 bridgehead atoms. The molecule has 2 heterocycles. The van der Waals surface area contributed by atoms with Crippen LogP contribution in [0, 0.1) is 0 Å². The predicted molar refractivity (Wildman–Crippen MR) is 80.0 cm³/mol. The lowest BCUT2D eigenvalue weighted by atomic mass is 10.1. The van der Waals surface area contributed by atoms with E-state index in [0.717, 1.165) is 32.0 Å². The van der Waals surface area contributed by atoms with Crippen LogP contribution in [0.25, 0.3) is 0 Å². The van der Waals surface area contributed by atoms with Gasteiger partial charge in [0.2, 0.25) is 0 Å². The molecular formula is C12H17BrN2O2S2. The molecule has 0 radical (unpaired) electrons. The highest BCUT2D eigenvalue weighted by Gasteiger charge is 2.33. The zero-order valence-corrected chi connectivity index (χ0v) is 13.7. The fraction of sp³-hybridized carbons (Fsp3) is 0.667. The van der Waals surface area contributed by atoms with E-state index >= 15 is 0 Å². The fourth-order valence-corrected chi connectivity index (χ4v) is 6.23. The molecule has 1 N–H and O–H groups in total. The molecular weight excluding hydrogens is 348 g/mol. The molecule has 7 heteroatoms. The van der Waals surface area contributed by atoms with Crippen LogP contribution in [-0.4, -0.2) is 38.5 Å². The number of nitrogens with one attached hydrogen (secondary N) is 1. The standard InChI is InChI=1S/C12H17BrN2O2S2/c13-11-5-8-18-12(11)19(16,17)14-9-3-6-15(7-4-9)10-1-2-10/h5,8-10,14H,1-4,6-7H2. The summed E-state index contributed by atoms with van der Waals surface area (Å²) < 4.78 is 28.4. The zero-order valence-electron chi connectivity index (χ0n) is 10.5. The maximum Gasteiger partial charge on any atom is 0.251 e. The zero-order chi connectivity index (χ0) is 13.5. The maximum atomic E-state index is 12.3. The first-order chi connectivity index (χ1) is 9.06. The molecule has 106 valence electrons. The summed E-state index contributed by atoms with van der Waals surface area (Å²) >= 11 is 4.54. The largest absolute Gasteiger partial charge is 0.300 e. The van der Waals surface area contributed by atoms with Crippen LogP contribution in [0.2, 0.25) is 0 Å². The summed E-state index contributed by atoms with van der Waals surface area (Å²) in [5.74, 6) is 0. The van der Waals surface area contributed by atoms with E-state index in [-0.39, 0.29) is 6.04 Å². The molecule has 1 saturated heterocycles. The van der Waals surface area contributed by atoms with Crippen molar-refractivity contribution in [1.29, 1.82) is 0 Å². The lowest BCUT2D eigenvalue weighted by Gasteiger charge is -2.32. The Bertz CT molecular complexity index is 546. The summed E-state index contributed by atoms with van der Waals surface area (Å²) in [4.78, 5) is 2.49. The van der Waals surface area contributed by atoms with Gasteiger partial charge in [0, 0.05) is 16.6 Å². The van der Waals surface area contributed by atoms with Crippen LogP contribution >= 0.6 is 27.3 Å². The monoisotopic (exact) mass is 364 g/mol. The molecule has 0 atom stereocenters. The van der Waals surface area contributed by atoms with E-state index in [1.54, 1.807) is 11.4 Å². The van der Waals surface area contributed by atoms with Gasteiger partial charge in [-0.1, -0.05) is 0 Å². The maximum absolute atomic E-state index is 12.3. The topological polar surface area (TPSA) is 49.4 Å². The molecule has 1 aliphatic heterocycles. The van der Waals surface area contributed by atoms with Crippen LogP contribution in [0.15, 0.2) is 20.1 Å². The van der Waals surface area contributed by atoms with Crippen molar-refractivity contribution in [2.75, 3.05) is 13.1 Å². The Morgan fingerprint density at radius 1 is 1.26 bits per heavy atom. The van der Waals surface area contributed by atoms with Crippen LogP contribution in [-0.2, 0) is 10.0 Å². The van der Waals surface area contributed by atoms with Crippen molar-refractivity contribution in [1.82, 2.24) is 9.62 Å². The minimum Gasteiger partial charge on any atom is -0.300 e. The number of likely N-dealkylation sites (tertiary alicyclic amines) is 1. The SMILES string of the molecule is O=S(=O)(NC1CCN(C2CC2)CC1)c1sccc1Br. The number of sulfonamides is 1. The first kappa shape index (κ1) is 14.0. The Morgan fingerprint density at radius 3 is 2.47 bits per heavy atom. The number of thiophene rings is 1. The van der Waals surface area contributed by atoms with E-state index in [0.29, 0.717) is 8.68 Å². The van der Waals surface area contributed by atoms with Gasteiger partial charge in [-0.25, -0.2) is 13.1 Å². The molecule has 1 saturated carbocycles. The second-order valence-electron chi connectivity index (χ2n) is 5.22. The number of nitrogens with zero attached hydrogens (tertiary/aromatic N) is 1. The van der Waals surface area contributed by atoms with Crippen LogP contribution in [0.5, 0.6) is 0 Å². The van der Waals surface area contributed by atoms with Gasteiger partial charge < -0.3 is 4.90 Å². The minimum absolute atomic E-state index is 0.0778. The molecule has 2 aliphatic rings. The van der Waals surface area contributed by atoms with Gasteiger partial charge in [0.1, 0.15) is 4.21 Å². The van der Waals surface area contributed by atoms with E-state index < -0.39 is 10.0 Å². The van der Waals surface area contributed by atoms with Crippen molar-refractivity contribution in [3.63, 3.8) is 0 Å². The summed E-state index contributed by atoms with van der Waals surface area (Å²) in [7, 11) is -3.37. The molecule has 0 unspecified atom stereocenters. The van der Waals surface area contributed by atoms with Crippen LogP contribution < -0.4 is 4.72 Å². The van der Waals surface area contributed by atoms with E-state index in [1.807, 2.05) is 0 Å². The summed E-state index contributed by atoms with van der Waals surface area (Å²) in [6.45, 7) is 2.03. The third-order valence-corrected chi connectivity index (χ3v) is 7.93. The third-order valence-electron chi connectivity index (χ3n) is 3.74. The van der Waals surface area contributed by atoms with Gasteiger partial charge in [-0.2, -0.15) is 0 Å². The van der Waals surface area contributed by atoms with Gasteiger partial charge in [0.05, 0.1) is 0 Å². The summed E-state index contributed by atoms with van der Waals surface area (Å²) in [6, 6.07) is 2.63. The van der Waals surface area contributed by atoms with Crippen LogP contribution in [0.3, 0.4) is 0 Å². The highest BCUT2D eigenvalue weighted by molar-refractivity contribution is 9.10. The molecule has 0 aromatic carbocycles. The van der Waals surface area contributed by atoms with E-state index in [4.69, 9.17) is 0 Å². The van der Waals surface area contributed by atoms with Crippen LogP contribution in [0.1, 0.15) is 25.7 Å². The van der Waals surface area contributed by atoms with Gasteiger partial charge in [-0.15, -0.1) is 11.3 Å². The predicted octanol–water partition coefficient (Wildman–Crippen LogP) is 2.42. The number of hydrogen-bond acceptors (Lipinski definition) is 4. The number of rotatable bonds is 4.